The fraction of sp³-hybridized carbons (Fsp3) is 1.00. The Morgan fingerprint density at radius 2 is 1.63 bits per heavy atom. The van der Waals surface area contributed by atoms with Crippen LogP contribution in [-0.4, -0.2) is 37.6 Å². The second-order valence-corrected chi connectivity index (χ2v) is 7.32. The molecule has 2 nitrogen and oxygen atoms in total. The van der Waals surface area contributed by atoms with Crippen LogP contribution < -0.4 is 5.32 Å². The molecule has 0 spiro atoms. The summed E-state index contributed by atoms with van der Waals surface area (Å²) in [5, 5.41) is 3.58. The van der Waals surface area contributed by atoms with E-state index in [1.54, 1.807) is 0 Å². The highest BCUT2D eigenvalue weighted by Gasteiger charge is 2.32. The molecule has 0 aromatic carbocycles. The summed E-state index contributed by atoms with van der Waals surface area (Å²) in [5.74, 6) is 0. The largest absolute Gasteiger partial charge is 0.316 e. The standard InChI is InChI=1S/C17H36N2/c1-6-11-18-14-16(4,5)15-19-12-9-17(7-2,8-3)10-13-19/h18H,6-15H2,1-5H3. The van der Waals surface area contributed by atoms with Gasteiger partial charge in [0, 0.05) is 13.1 Å². The Morgan fingerprint density at radius 1 is 1.05 bits per heavy atom. The van der Waals surface area contributed by atoms with Crippen molar-refractivity contribution in [2.24, 2.45) is 10.8 Å². The molecule has 114 valence electrons. The zero-order valence-corrected chi connectivity index (χ0v) is 14.0. The Bertz CT molecular complexity index is 234. The molecule has 0 aromatic rings. The summed E-state index contributed by atoms with van der Waals surface area (Å²) in [4.78, 5) is 2.69. The monoisotopic (exact) mass is 268 g/mol. The van der Waals surface area contributed by atoms with Gasteiger partial charge in [0.25, 0.3) is 0 Å². The topological polar surface area (TPSA) is 15.3 Å². The van der Waals surface area contributed by atoms with Gasteiger partial charge in [-0.15, -0.1) is 0 Å². The van der Waals surface area contributed by atoms with Crippen LogP contribution in [0, 0.1) is 10.8 Å². The summed E-state index contributed by atoms with van der Waals surface area (Å²) in [5.41, 5.74) is 1.05. The Hall–Kier alpha value is -0.0800. The molecule has 1 aliphatic rings. The van der Waals surface area contributed by atoms with Crippen LogP contribution in [0.2, 0.25) is 0 Å². The summed E-state index contributed by atoms with van der Waals surface area (Å²) >= 11 is 0. The van der Waals surface area contributed by atoms with E-state index in [0.29, 0.717) is 10.8 Å². The summed E-state index contributed by atoms with van der Waals surface area (Å²) in [6, 6.07) is 0. The van der Waals surface area contributed by atoms with Gasteiger partial charge in [0.1, 0.15) is 0 Å². The predicted molar refractivity (Wildman–Crippen MR) is 85.6 cm³/mol. The smallest absolute Gasteiger partial charge is 0.00448 e. The van der Waals surface area contributed by atoms with Crippen LogP contribution in [0.15, 0.2) is 0 Å². The van der Waals surface area contributed by atoms with E-state index >= 15 is 0 Å². The molecule has 1 rings (SSSR count). The van der Waals surface area contributed by atoms with Crippen molar-refractivity contribution in [3.8, 4) is 0 Å². The second-order valence-electron chi connectivity index (χ2n) is 7.32. The summed E-state index contributed by atoms with van der Waals surface area (Å²) in [6.45, 7) is 17.9. The van der Waals surface area contributed by atoms with Crippen LogP contribution >= 0.6 is 0 Å². The van der Waals surface area contributed by atoms with Gasteiger partial charge in [-0.25, -0.2) is 0 Å². The third-order valence-corrected chi connectivity index (χ3v) is 5.10. The average Bonchev–Trinajstić information content (AvgIpc) is 2.40. The number of hydrogen-bond acceptors (Lipinski definition) is 2. The van der Waals surface area contributed by atoms with Crippen molar-refractivity contribution >= 4 is 0 Å². The Morgan fingerprint density at radius 3 is 2.11 bits per heavy atom. The minimum atomic E-state index is 0.396. The zero-order chi connectivity index (χ0) is 14.4. The molecule has 0 saturated carbocycles. The van der Waals surface area contributed by atoms with E-state index in [9.17, 15) is 0 Å². The molecular weight excluding hydrogens is 232 g/mol. The van der Waals surface area contributed by atoms with E-state index in [1.165, 1.54) is 51.7 Å². The molecule has 1 heterocycles. The third-order valence-electron chi connectivity index (χ3n) is 5.10. The second kappa shape index (κ2) is 7.64. The lowest BCUT2D eigenvalue weighted by molar-refractivity contribution is 0.0689. The van der Waals surface area contributed by atoms with Crippen molar-refractivity contribution in [3.63, 3.8) is 0 Å². The molecular formula is C17H36N2. The molecule has 0 aliphatic carbocycles. The van der Waals surface area contributed by atoms with Gasteiger partial charge >= 0.3 is 0 Å². The highest BCUT2D eigenvalue weighted by atomic mass is 15.1. The number of hydrogen-bond donors (Lipinski definition) is 1. The molecule has 1 saturated heterocycles. The predicted octanol–water partition coefficient (Wildman–Crippen LogP) is 3.91. The number of rotatable bonds is 8. The van der Waals surface area contributed by atoms with Crippen LogP contribution in [0.1, 0.15) is 66.7 Å². The molecule has 1 N–H and O–H groups in total. The Kier molecular flexibility index (Phi) is 6.82. The highest BCUT2D eigenvalue weighted by Crippen LogP contribution is 2.38. The molecule has 0 bridgehead atoms. The van der Waals surface area contributed by atoms with E-state index in [0.717, 1.165) is 13.1 Å². The van der Waals surface area contributed by atoms with Crippen LogP contribution in [0.25, 0.3) is 0 Å². The average molecular weight is 268 g/mol. The first-order valence-electron chi connectivity index (χ1n) is 8.40. The maximum Gasteiger partial charge on any atom is 0.00448 e. The first kappa shape index (κ1) is 17.0. The summed E-state index contributed by atoms with van der Waals surface area (Å²) in [7, 11) is 0. The van der Waals surface area contributed by atoms with Gasteiger partial charge in [-0.05, 0) is 49.7 Å². The molecule has 2 heteroatoms. The van der Waals surface area contributed by atoms with E-state index in [2.05, 4.69) is 44.8 Å². The lowest BCUT2D eigenvalue weighted by atomic mass is 9.74. The highest BCUT2D eigenvalue weighted by molar-refractivity contribution is 4.86. The Balaban J connectivity index is 2.35. The normalized spacial score (nSPS) is 20.7. The van der Waals surface area contributed by atoms with E-state index < -0.39 is 0 Å². The van der Waals surface area contributed by atoms with Crippen molar-refractivity contribution in [1.82, 2.24) is 10.2 Å². The molecule has 0 atom stereocenters. The van der Waals surface area contributed by atoms with E-state index in [1.807, 2.05) is 0 Å². The maximum atomic E-state index is 3.58. The quantitative estimate of drug-likeness (QED) is 0.671. The minimum absolute atomic E-state index is 0.396. The first-order chi connectivity index (χ1) is 8.97. The molecule has 1 fully saturated rings. The fourth-order valence-corrected chi connectivity index (χ4v) is 3.41. The molecule has 0 unspecified atom stereocenters. The summed E-state index contributed by atoms with van der Waals surface area (Å²) < 4.78 is 0. The van der Waals surface area contributed by atoms with Gasteiger partial charge < -0.3 is 10.2 Å². The molecule has 0 aromatic heterocycles. The van der Waals surface area contributed by atoms with Gasteiger partial charge in [-0.1, -0.05) is 47.5 Å². The fourth-order valence-electron chi connectivity index (χ4n) is 3.41. The van der Waals surface area contributed by atoms with Gasteiger partial charge in [0.15, 0.2) is 0 Å². The van der Waals surface area contributed by atoms with Gasteiger partial charge in [0.05, 0.1) is 0 Å². The van der Waals surface area contributed by atoms with Crippen LogP contribution in [-0.2, 0) is 0 Å². The van der Waals surface area contributed by atoms with Crippen molar-refractivity contribution < 1.29 is 0 Å². The number of likely N-dealkylation sites (tertiary alicyclic amines) is 1. The van der Waals surface area contributed by atoms with Crippen LogP contribution in [0.3, 0.4) is 0 Å². The number of nitrogens with zero attached hydrogens (tertiary/aromatic N) is 1. The number of nitrogens with one attached hydrogen (secondary N) is 1. The molecule has 1 aliphatic heterocycles. The van der Waals surface area contributed by atoms with Crippen molar-refractivity contribution in [3.05, 3.63) is 0 Å². The van der Waals surface area contributed by atoms with Gasteiger partial charge in [-0.2, -0.15) is 0 Å². The van der Waals surface area contributed by atoms with E-state index in [4.69, 9.17) is 0 Å². The molecule has 0 amide bonds. The van der Waals surface area contributed by atoms with E-state index in [-0.39, 0.29) is 0 Å². The minimum Gasteiger partial charge on any atom is -0.316 e. The van der Waals surface area contributed by atoms with Crippen molar-refractivity contribution in [2.75, 3.05) is 32.7 Å². The molecule has 19 heavy (non-hydrogen) atoms. The first-order valence-corrected chi connectivity index (χ1v) is 8.40. The van der Waals surface area contributed by atoms with Crippen molar-refractivity contribution in [2.45, 2.75) is 66.7 Å². The van der Waals surface area contributed by atoms with Crippen LogP contribution in [0.5, 0.6) is 0 Å². The lowest BCUT2D eigenvalue weighted by Crippen LogP contribution is -2.46. The maximum absolute atomic E-state index is 3.58. The van der Waals surface area contributed by atoms with Crippen molar-refractivity contribution in [1.29, 1.82) is 0 Å². The van der Waals surface area contributed by atoms with Gasteiger partial charge in [0.2, 0.25) is 0 Å². The number of piperidine rings is 1. The van der Waals surface area contributed by atoms with Gasteiger partial charge in [-0.3, -0.25) is 0 Å². The molecule has 0 radical (unpaired) electrons. The lowest BCUT2D eigenvalue weighted by Gasteiger charge is -2.43. The Labute approximate surface area is 121 Å². The van der Waals surface area contributed by atoms with Crippen LogP contribution in [0.4, 0.5) is 0 Å². The zero-order valence-electron chi connectivity index (χ0n) is 14.0. The third kappa shape index (κ3) is 5.43. The summed E-state index contributed by atoms with van der Waals surface area (Å²) in [6.07, 6.45) is 6.75. The SMILES string of the molecule is CCCNCC(C)(C)CN1CCC(CC)(CC)CC1.